The average molecular weight is 362 g/mol. The predicted molar refractivity (Wildman–Crippen MR) is 93.0 cm³/mol. The van der Waals surface area contributed by atoms with Gasteiger partial charge in [0.2, 0.25) is 15.9 Å². The second kappa shape index (κ2) is 7.72. The minimum Gasteiger partial charge on any atom is -0.355 e. The van der Waals surface area contributed by atoms with Crippen molar-refractivity contribution in [3.63, 3.8) is 0 Å². The standard InChI is InChI=1S/C15H27N3O3S2/c19-15(11-12-9-13-1-2-14(10-12)17-13)16-3-8-23(20,21)18-4-6-22-7-5-18/h12-14,17H,1-11H2,(H,16,19). The molecule has 1 amide bonds. The van der Waals surface area contributed by atoms with Crippen LogP contribution < -0.4 is 10.6 Å². The SMILES string of the molecule is O=C(CC1CC2CCC(C1)N2)NCCS(=O)(=O)N1CCSCC1. The number of piperidine rings is 1. The van der Waals surface area contributed by atoms with Crippen LogP contribution in [0.3, 0.4) is 0 Å². The van der Waals surface area contributed by atoms with E-state index >= 15 is 0 Å². The Balaban J connectivity index is 1.37. The summed E-state index contributed by atoms with van der Waals surface area (Å²) in [5.41, 5.74) is 0. The van der Waals surface area contributed by atoms with Crippen molar-refractivity contribution in [2.45, 2.75) is 44.2 Å². The van der Waals surface area contributed by atoms with Gasteiger partial charge in [-0.05, 0) is 31.6 Å². The van der Waals surface area contributed by atoms with E-state index in [-0.39, 0.29) is 18.2 Å². The summed E-state index contributed by atoms with van der Waals surface area (Å²) in [4.78, 5) is 12.1. The minimum atomic E-state index is -3.22. The van der Waals surface area contributed by atoms with E-state index in [2.05, 4.69) is 10.6 Å². The molecule has 0 spiro atoms. The van der Waals surface area contributed by atoms with Gasteiger partial charge in [-0.3, -0.25) is 4.79 Å². The molecular weight excluding hydrogens is 334 g/mol. The van der Waals surface area contributed by atoms with Crippen LogP contribution >= 0.6 is 11.8 Å². The highest BCUT2D eigenvalue weighted by Gasteiger charge is 2.34. The molecule has 0 aromatic carbocycles. The van der Waals surface area contributed by atoms with E-state index in [0.29, 0.717) is 37.5 Å². The maximum Gasteiger partial charge on any atom is 0.220 e. The van der Waals surface area contributed by atoms with E-state index in [1.165, 1.54) is 12.8 Å². The number of amides is 1. The van der Waals surface area contributed by atoms with Crippen LogP contribution in [0.2, 0.25) is 0 Å². The van der Waals surface area contributed by atoms with Crippen molar-refractivity contribution in [2.24, 2.45) is 5.92 Å². The first-order valence-electron chi connectivity index (χ1n) is 8.61. The largest absolute Gasteiger partial charge is 0.355 e. The van der Waals surface area contributed by atoms with Crippen molar-refractivity contribution in [2.75, 3.05) is 36.9 Å². The third kappa shape index (κ3) is 4.84. The number of carbonyl (C=O) groups excluding carboxylic acids is 1. The lowest BCUT2D eigenvalue weighted by Gasteiger charge is -2.28. The van der Waals surface area contributed by atoms with Gasteiger partial charge in [0.1, 0.15) is 0 Å². The van der Waals surface area contributed by atoms with Crippen LogP contribution in [0, 0.1) is 5.92 Å². The number of rotatable bonds is 6. The van der Waals surface area contributed by atoms with Gasteiger partial charge >= 0.3 is 0 Å². The maximum absolute atomic E-state index is 12.2. The molecule has 0 saturated carbocycles. The zero-order chi connectivity index (χ0) is 16.3. The molecule has 3 aliphatic rings. The van der Waals surface area contributed by atoms with E-state index < -0.39 is 10.0 Å². The van der Waals surface area contributed by atoms with Crippen molar-refractivity contribution >= 4 is 27.7 Å². The highest BCUT2D eigenvalue weighted by Crippen LogP contribution is 2.32. The molecule has 2 bridgehead atoms. The fourth-order valence-corrected chi connectivity index (χ4v) is 6.44. The Hall–Kier alpha value is -0.310. The van der Waals surface area contributed by atoms with Gasteiger partial charge in [-0.2, -0.15) is 11.8 Å². The molecule has 2 atom stereocenters. The lowest BCUT2D eigenvalue weighted by molar-refractivity contribution is -0.122. The summed E-state index contributed by atoms with van der Waals surface area (Å²) >= 11 is 1.79. The van der Waals surface area contributed by atoms with Gasteiger partial charge in [-0.15, -0.1) is 0 Å². The smallest absolute Gasteiger partial charge is 0.220 e. The Kier molecular flexibility index (Phi) is 5.87. The van der Waals surface area contributed by atoms with Gasteiger partial charge in [-0.1, -0.05) is 0 Å². The molecule has 0 aliphatic carbocycles. The molecule has 8 heteroatoms. The number of hydrogen-bond acceptors (Lipinski definition) is 5. The van der Waals surface area contributed by atoms with Gasteiger partial charge in [0.15, 0.2) is 0 Å². The highest BCUT2D eigenvalue weighted by molar-refractivity contribution is 7.99. The maximum atomic E-state index is 12.2. The fourth-order valence-electron chi connectivity index (χ4n) is 3.95. The summed E-state index contributed by atoms with van der Waals surface area (Å²) in [6, 6.07) is 1.17. The molecule has 0 radical (unpaired) electrons. The van der Waals surface area contributed by atoms with Crippen molar-refractivity contribution in [1.82, 2.24) is 14.9 Å². The van der Waals surface area contributed by atoms with Gasteiger partial charge in [-0.25, -0.2) is 12.7 Å². The molecule has 23 heavy (non-hydrogen) atoms. The molecular formula is C15H27N3O3S2. The van der Waals surface area contributed by atoms with Crippen LogP contribution in [0.25, 0.3) is 0 Å². The van der Waals surface area contributed by atoms with E-state index in [1.807, 2.05) is 0 Å². The summed E-state index contributed by atoms with van der Waals surface area (Å²) in [5, 5.41) is 6.38. The minimum absolute atomic E-state index is 0.000648. The summed E-state index contributed by atoms with van der Waals surface area (Å²) in [5.74, 6) is 2.19. The molecule has 6 nitrogen and oxygen atoms in total. The first-order chi connectivity index (χ1) is 11.0. The Labute approximate surface area is 143 Å². The molecule has 0 aromatic heterocycles. The number of nitrogens with zero attached hydrogens (tertiary/aromatic N) is 1. The van der Waals surface area contributed by atoms with Crippen LogP contribution in [0.1, 0.15) is 32.1 Å². The Morgan fingerprint density at radius 1 is 1.17 bits per heavy atom. The van der Waals surface area contributed by atoms with Gasteiger partial charge in [0.25, 0.3) is 0 Å². The van der Waals surface area contributed by atoms with Crippen LogP contribution in [0.15, 0.2) is 0 Å². The third-order valence-electron chi connectivity index (χ3n) is 5.09. The van der Waals surface area contributed by atoms with Crippen molar-refractivity contribution in [3.8, 4) is 0 Å². The quantitative estimate of drug-likeness (QED) is 0.716. The first kappa shape index (κ1) is 17.5. The predicted octanol–water partition coefficient (Wildman–Crippen LogP) is 0.402. The third-order valence-corrected chi connectivity index (χ3v) is 7.90. The van der Waals surface area contributed by atoms with Crippen molar-refractivity contribution in [1.29, 1.82) is 0 Å². The van der Waals surface area contributed by atoms with Crippen LogP contribution in [-0.4, -0.2) is 67.6 Å². The summed E-state index contributed by atoms with van der Waals surface area (Å²) in [6.45, 7) is 1.42. The fraction of sp³-hybridized carbons (Fsp3) is 0.933. The lowest BCUT2D eigenvalue weighted by Crippen LogP contribution is -2.42. The monoisotopic (exact) mass is 361 g/mol. The zero-order valence-electron chi connectivity index (χ0n) is 13.5. The summed E-state index contributed by atoms with van der Waals surface area (Å²) in [6.07, 6.45) is 5.15. The van der Waals surface area contributed by atoms with E-state index in [4.69, 9.17) is 0 Å². The summed E-state index contributed by atoms with van der Waals surface area (Å²) in [7, 11) is -3.22. The van der Waals surface area contributed by atoms with Crippen molar-refractivity contribution < 1.29 is 13.2 Å². The molecule has 3 heterocycles. The Morgan fingerprint density at radius 3 is 2.48 bits per heavy atom. The molecule has 0 aromatic rings. The molecule has 3 saturated heterocycles. The van der Waals surface area contributed by atoms with Crippen LogP contribution in [0.4, 0.5) is 0 Å². The van der Waals surface area contributed by atoms with E-state index in [0.717, 1.165) is 24.3 Å². The molecule has 3 rings (SSSR count). The number of sulfonamides is 1. The van der Waals surface area contributed by atoms with E-state index in [1.54, 1.807) is 16.1 Å². The first-order valence-corrected chi connectivity index (χ1v) is 11.4. The number of carbonyl (C=O) groups is 1. The normalized spacial score (nSPS) is 31.9. The molecule has 2 unspecified atom stereocenters. The number of fused-ring (bicyclic) bond motifs is 2. The van der Waals surface area contributed by atoms with Gasteiger partial charge in [0.05, 0.1) is 5.75 Å². The number of nitrogens with one attached hydrogen (secondary N) is 2. The van der Waals surface area contributed by atoms with Gasteiger partial charge < -0.3 is 10.6 Å². The van der Waals surface area contributed by atoms with Crippen LogP contribution in [-0.2, 0) is 14.8 Å². The zero-order valence-corrected chi connectivity index (χ0v) is 15.1. The Bertz CT molecular complexity index is 508. The molecule has 3 fully saturated rings. The second-order valence-electron chi connectivity index (χ2n) is 6.86. The number of thioether (sulfide) groups is 1. The summed E-state index contributed by atoms with van der Waals surface area (Å²) < 4.78 is 26.0. The van der Waals surface area contributed by atoms with Crippen molar-refractivity contribution in [3.05, 3.63) is 0 Å². The molecule has 2 N–H and O–H groups in total. The molecule has 132 valence electrons. The van der Waals surface area contributed by atoms with Gasteiger partial charge in [0, 0.05) is 49.6 Å². The highest BCUT2D eigenvalue weighted by atomic mass is 32.2. The molecule has 3 aliphatic heterocycles. The second-order valence-corrected chi connectivity index (χ2v) is 10.2. The topological polar surface area (TPSA) is 78.5 Å². The van der Waals surface area contributed by atoms with Crippen LogP contribution in [0.5, 0.6) is 0 Å². The Morgan fingerprint density at radius 2 is 1.83 bits per heavy atom. The number of hydrogen-bond donors (Lipinski definition) is 2. The average Bonchev–Trinajstić information content (AvgIpc) is 2.87. The lowest BCUT2D eigenvalue weighted by atomic mass is 9.89. The van der Waals surface area contributed by atoms with E-state index in [9.17, 15) is 13.2 Å².